The van der Waals surface area contributed by atoms with E-state index in [-0.39, 0.29) is 12.4 Å². The molecule has 62 valence electrons. The fourth-order valence-corrected chi connectivity index (χ4v) is 1.23. The van der Waals surface area contributed by atoms with Crippen molar-refractivity contribution in [3.8, 4) is 0 Å². The van der Waals surface area contributed by atoms with Crippen LogP contribution in [0.15, 0.2) is 10.9 Å². The van der Waals surface area contributed by atoms with Crippen LogP contribution in [0.2, 0.25) is 0 Å². The molecule has 5 heteroatoms. The Morgan fingerprint density at radius 1 is 1.64 bits per heavy atom. The molecule has 11 heavy (non-hydrogen) atoms. The molecule has 0 spiro atoms. The molecular formula is C6H10ClN3O. The van der Waals surface area contributed by atoms with Crippen molar-refractivity contribution in [1.29, 1.82) is 0 Å². The molecule has 1 aromatic heterocycles. The van der Waals surface area contributed by atoms with Gasteiger partial charge in [-0.3, -0.25) is 0 Å². The first-order valence-corrected chi connectivity index (χ1v) is 3.44. The van der Waals surface area contributed by atoms with Gasteiger partial charge in [0.2, 0.25) is 6.39 Å². The number of nitrogens with zero attached hydrogens (tertiary/aromatic N) is 2. The molecule has 0 radical (unpaired) electrons. The molecule has 1 aromatic rings. The summed E-state index contributed by atoms with van der Waals surface area (Å²) in [5, 5.41) is 7.01. The molecular weight excluding hydrogens is 166 g/mol. The van der Waals surface area contributed by atoms with Crippen LogP contribution in [0.25, 0.3) is 0 Å². The molecule has 1 aliphatic rings. The quantitative estimate of drug-likeness (QED) is 0.678. The van der Waals surface area contributed by atoms with Gasteiger partial charge in [-0.2, -0.15) is 4.98 Å². The SMILES string of the molecule is Cl.c1nc(C2CCNC2)no1. The molecule has 2 heterocycles. The van der Waals surface area contributed by atoms with E-state index in [0.717, 1.165) is 25.3 Å². The molecule has 4 nitrogen and oxygen atoms in total. The maximum absolute atomic E-state index is 4.64. The molecule has 0 aliphatic carbocycles. The van der Waals surface area contributed by atoms with Crippen molar-refractivity contribution in [3.63, 3.8) is 0 Å². The van der Waals surface area contributed by atoms with Gasteiger partial charge < -0.3 is 9.84 Å². The predicted octanol–water partition coefficient (Wildman–Crippen LogP) is 0.568. The second-order valence-electron chi connectivity index (χ2n) is 2.48. The van der Waals surface area contributed by atoms with Crippen LogP contribution < -0.4 is 5.32 Å². The Balaban J connectivity index is 0.000000605. The maximum atomic E-state index is 4.64. The van der Waals surface area contributed by atoms with Crippen molar-refractivity contribution in [2.24, 2.45) is 0 Å². The van der Waals surface area contributed by atoms with Gasteiger partial charge in [-0.25, -0.2) is 0 Å². The lowest BCUT2D eigenvalue weighted by atomic mass is 10.1. The van der Waals surface area contributed by atoms with Crippen LogP contribution in [0.1, 0.15) is 18.2 Å². The average molecular weight is 176 g/mol. The summed E-state index contributed by atoms with van der Waals surface area (Å²) in [6, 6.07) is 0. The van der Waals surface area contributed by atoms with E-state index in [1.807, 2.05) is 0 Å². The second kappa shape index (κ2) is 3.69. The van der Waals surface area contributed by atoms with Gasteiger partial charge in [0.05, 0.1) is 0 Å². The fraction of sp³-hybridized carbons (Fsp3) is 0.667. The molecule has 1 atom stereocenters. The first-order chi connectivity index (χ1) is 4.97. The van der Waals surface area contributed by atoms with Gasteiger partial charge in [-0.1, -0.05) is 5.16 Å². The average Bonchev–Trinajstić information content (AvgIpc) is 2.59. The number of hydrogen-bond acceptors (Lipinski definition) is 4. The summed E-state index contributed by atoms with van der Waals surface area (Å²) < 4.78 is 4.64. The smallest absolute Gasteiger partial charge is 0.213 e. The number of rotatable bonds is 1. The van der Waals surface area contributed by atoms with Gasteiger partial charge in [0.1, 0.15) is 0 Å². The summed E-state index contributed by atoms with van der Waals surface area (Å²) in [7, 11) is 0. The van der Waals surface area contributed by atoms with Crippen molar-refractivity contribution in [2.45, 2.75) is 12.3 Å². The van der Waals surface area contributed by atoms with Crippen molar-refractivity contribution >= 4 is 12.4 Å². The second-order valence-corrected chi connectivity index (χ2v) is 2.48. The van der Waals surface area contributed by atoms with Crippen molar-refractivity contribution < 1.29 is 4.52 Å². The molecule has 1 N–H and O–H groups in total. The highest BCUT2D eigenvalue weighted by atomic mass is 35.5. The minimum atomic E-state index is 0. The lowest BCUT2D eigenvalue weighted by Crippen LogP contribution is -2.08. The van der Waals surface area contributed by atoms with Gasteiger partial charge in [-0.05, 0) is 13.0 Å². The lowest BCUT2D eigenvalue weighted by Gasteiger charge is -1.97. The van der Waals surface area contributed by atoms with Crippen LogP contribution in [0.3, 0.4) is 0 Å². The third-order valence-corrected chi connectivity index (χ3v) is 1.80. The molecule has 0 aromatic carbocycles. The maximum Gasteiger partial charge on any atom is 0.213 e. The van der Waals surface area contributed by atoms with Crippen molar-refractivity contribution in [3.05, 3.63) is 12.2 Å². The zero-order valence-electron chi connectivity index (χ0n) is 5.99. The van der Waals surface area contributed by atoms with Gasteiger partial charge in [0.15, 0.2) is 5.82 Å². The third kappa shape index (κ3) is 1.70. The number of hydrogen-bond donors (Lipinski definition) is 1. The first kappa shape index (κ1) is 8.49. The van der Waals surface area contributed by atoms with Crippen LogP contribution >= 0.6 is 12.4 Å². The van der Waals surface area contributed by atoms with E-state index >= 15 is 0 Å². The molecule has 2 rings (SSSR count). The fourth-order valence-electron chi connectivity index (χ4n) is 1.23. The summed E-state index contributed by atoms with van der Waals surface area (Å²) in [4.78, 5) is 3.98. The minimum absolute atomic E-state index is 0. The Hall–Kier alpha value is -0.610. The largest absolute Gasteiger partial charge is 0.343 e. The summed E-state index contributed by atoms with van der Waals surface area (Å²) in [5.41, 5.74) is 0. The van der Waals surface area contributed by atoms with Crippen LogP contribution in [-0.4, -0.2) is 23.2 Å². The number of nitrogens with one attached hydrogen (secondary N) is 1. The summed E-state index contributed by atoms with van der Waals surface area (Å²) in [6.07, 6.45) is 2.51. The van der Waals surface area contributed by atoms with E-state index < -0.39 is 0 Å². The molecule has 0 bridgehead atoms. The van der Waals surface area contributed by atoms with E-state index in [4.69, 9.17) is 0 Å². The molecule has 0 amide bonds. The van der Waals surface area contributed by atoms with E-state index in [2.05, 4.69) is 20.0 Å². The standard InChI is InChI=1S/C6H9N3O.ClH/c1-2-7-3-5(1)6-8-4-10-9-6;/h4-5,7H,1-3H2;1H. The topological polar surface area (TPSA) is 51.0 Å². The highest BCUT2D eigenvalue weighted by Gasteiger charge is 2.19. The zero-order valence-corrected chi connectivity index (χ0v) is 6.80. The Morgan fingerprint density at radius 2 is 2.55 bits per heavy atom. The third-order valence-electron chi connectivity index (χ3n) is 1.80. The molecule has 1 unspecified atom stereocenters. The Morgan fingerprint density at radius 3 is 3.09 bits per heavy atom. The van der Waals surface area contributed by atoms with Gasteiger partial charge in [-0.15, -0.1) is 12.4 Å². The number of aromatic nitrogens is 2. The zero-order chi connectivity index (χ0) is 6.81. The lowest BCUT2D eigenvalue weighted by molar-refractivity contribution is 0.405. The van der Waals surface area contributed by atoms with Gasteiger partial charge in [0.25, 0.3) is 0 Å². The van der Waals surface area contributed by atoms with E-state index in [1.165, 1.54) is 6.39 Å². The summed E-state index contributed by atoms with van der Waals surface area (Å²) in [5.74, 6) is 1.31. The molecule has 1 saturated heterocycles. The van der Waals surface area contributed by atoms with E-state index in [1.54, 1.807) is 0 Å². The predicted molar refractivity (Wildman–Crippen MR) is 41.8 cm³/mol. The number of halogens is 1. The minimum Gasteiger partial charge on any atom is -0.343 e. The van der Waals surface area contributed by atoms with Crippen LogP contribution in [-0.2, 0) is 0 Å². The van der Waals surface area contributed by atoms with Gasteiger partial charge in [0, 0.05) is 12.5 Å². The van der Waals surface area contributed by atoms with Crippen LogP contribution in [0.4, 0.5) is 0 Å². The normalized spacial score (nSPS) is 23.1. The molecule has 0 saturated carbocycles. The van der Waals surface area contributed by atoms with E-state index in [0.29, 0.717) is 5.92 Å². The van der Waals surface area contributed by atoms with Gasteiger partial charge >= 0.3 is 0 Å². The van der Waals surface area contributed by atoms with Crippen molar-refractivity contribution in [1.82, 2.24) is 15.5 Å². The monoisotopic (exact) mass is 175 g/mol. The van der Waals surface area contributed by atoms with Crippen LogP contribution in [0.5, 0.6) is 0 Å². The highest BCUT2D eigenvalue weighted by molar-refractivity contribution is 5.85. The Kier molecular flexibility index (Phi) is 2.84. The Bertz CT molecular complexity index is 196. The van der Waals surface area contributed by atoms with Crippen molar-refractivity contribution in [2.75, 3.05) is 13.1 Å². The highest BCUT2D eigenvalue weighted by Crippen LogP contribution is 2.17. The first-order valence-electron chi connectivity index (χ1n) is 3.44. The summed E-state index contributed by atoms with van der Waals surface area (Å²) in [6.45, 7) is 2.05. The molecule has 1 aliphatic heterocycles. The summed E-state index contributed by atoms with van der Waals surface area (Å²) >= 11 is 0. The van der Waals surface area contributed by atoms with Crippen LogP contribution in [0, 0.1) is 0 Å². The molecule has 1 fully saturated rings. The van der Waals surface area contributed by atoms with E-state index in [9.17, 15) is 0 Å². The Labute approximate surface area is 70.8 Å².